The largest absolute Gasteiger partial charge is 0.310 e. The van der Waals surface area contributed by atoms with Gasteiger partial charge in [0.2, 0.25) is 5.91 Å². The fourth-order valence-corrected chi connectivity index (χ4v) is 3.68. The highest BCUT2D eigenvalue weighted by Gasteiger charge is 2.26. The number of carbonyl (C=O) groups excluding carboxylic acids is 1. The summed E-state index contributed by atoms with van der Waals surface area (Å²) in [4.78, 5) is 21.4. The molecule has 1 amide bonds. The first-order valence-corrected chi connectivity index (χ1v) is 10.0. The fraction of sp³-hybridized carbons (Fsp3) is 0.364. The van der Waals surface area contributed by atoms with Gasteiger partial charge in [0.25, 0.3) is 0 Å². The summed E-state index contributed by atoms with van der Waals surface area (Å²) in [5.41, 5.74) is 2.26. The first-order chi connectivity index (χ1) is 13.5. The van der Waals surface area contributed by atoms with Crippen molar-refractivity contribution in [2.45, 2.75) is 20.3 Å². The van der Waals surface area contributed by atoms with E-state index in [1.165, 1.54) is 6.07 Å². The first-order valence-electron chi connectivity index (χ1n) is 9.67. The minimum Gasteiger partial charge on any atom is -0.310 e. The molecule has 4 nitrogen and oxygen atoms in total. The van der Waals surface area contributed by atoms with Crippen molar-refractivity contribution in [3.8, 4) is 0 Å². The van der Waals surface area contributed by atoms with Gasteiger partial charge in [-0.25, -0.2) is 4.39 Å². The van der Waals surface area contributed by atoms with Crippen LogP contribution < -0.4 is 4.90 Å². The number of benzodiazepines with no additional fused rings is 1. The molecule has 0 N–H and O–H groups in total. The third-order valence-corrected chi connectivity index (χ3v) is 5.29. The lowest BCUT2D eigenvalue weighted by molar-refractivity contribution is -0.117. The number of fused-ring (bicyclic) bond motifs is 1. The molecule has 3 rings (SSSR count). The second-order valence-corrected chi connectivity index (χ2v) is 7.17. The van der Waals surface area contributed by atoms with Crippen LogP contribution in [0.3, 0.4) is 0 Å². The van der Waals surface area contributed by atoms with Crippen molar-refractivity contribution in [2.24, 2.45) is 4.99 Å². The van der Waals surface area contributed by atoms with Gasteiger partial charge in [0.05, 0.1) is 11.4 Å². The Hall–Kier alpha value is -2.24. The molecule has 0 aliphatic carbocycles. The molecule has 1 heterocycles. The van der Waals surface area contributed by atoms with Crippen LogP contribution >= 0.6 is 11.6 Å². The van der Waals surface area contributed by atoms with Gasteiger partial charge in [0, 0.05) is 22.7 Å². The molecular formula is C22H25ClFN3O. The Bertz CT molecular complexity index is 880. The number of rotatable bonds is 7. The minimum absolute atomic E-state index is 0.0127. The average molecular weight is 402 g/mol. The normalized spacial score (nSPS) is 14.1. The van der Waals surface area contributed by atoms with Crippen molar-refractivity contribution >= 4 is 28.9 Å². The topological polar surface area (TPSA) is 35.9 Å². The molecular weight excluding hydrogens is 377 g/mol. The number of nitrogens with zero attached hydrogens (tertiary/aromatic N) is 3. The lowest BCUT2D eigenvalue weighted by Gasteiger charge is -2.25. The zero-order valence-corrected chi connectivity index (χ0v) is 17.0. The lowest BCUT2D eigenvalue weighted by Crippen LogP contribution is -2.35. The number of benzene rings is 2. The summed E-state index contributed by atoms with van der Waals surface area (Å²) >= 11 is 6.23. The number of hydrogen-bond donors (Lipinski definition) is 0. The van der Waals surface area contributed by atoms with Crippen LogP contribution in [0, 0.1) is 5.82 Å². The maximum atomic E-state index is 14.4. The van der Waals surface area contributed by atoms with Crippen LogP contribution in [0.25, 0.3) is 0 Å². The molecule has 28 heavy (non-hydrogen) atoms. The second-order valence-electron chi connectivity index (χ2n) is 6.73. The number of amides is 1. The van der Waals surface area contributed by atoms with Crippen molar-refractivity contribution < 1.29 is 9.18 Å². The predicted molar refractivity (Wildman–Crippen MR) is 113 cm³/mol. The SMILES string of the molecule is CCN(CC)CCCN1C(=O)CN=C(c2ccccc2F)c2cc(Cl)ccc21. The molecule has 0 saturated heterocycles. The van der Waals surface area contributed by atoms with Gasteiger partial charge in [-0.3, -0.25) is 9.79 Å². The molecule has 148 valence electrons. The Labute approximate surface area is 170 Å². The number of halogens is 2. The smallest absolute Gasteiger partial charge is 0.248 e. The molecule has 1 aliphatic heterocycles. The highest BCUT2D eigenvalue weighted by molar-refractivity contribution is 6.32. The van der Waals surface area contributed by atoms with Crippen LogP contribution in [0.2, 0.25) is 5.02 Å². The van der Waals surface area contributed by atoms with Gasteiger partial charge in [0.1, 0.15) is 12.4 Å². The summed E-state index contributed by atoms with van der Waals surface area (Å²) in [5.74, 6) is -0.455. The van der Waals surface area contributed by atoms with Gasteiger partial charge in [-0.1, -0.05) is 37.6 Å². The maximum Gasteiger partial charge on any atom is 0.248 e. The van der Waals surface area contributed by atoms with Crippen LogP contribution in [0.1, 0.15) is 31.4 Å². The van der Waals surface area contributed by atoms with E-state index in [4.69, 9.17) is 11.6 Å². The zero-order valence-electron chi connectivity index (χ0n) is 16.3. The molecule has 0 spiro atoms. The van der Waals surface area contributed by atoms with Crippen LogP contribution in [-0.4, -0.2) is 49.2 Å². The molecule has 6 heteroatoms. The highest BCUT2D eigenvalue weighted by atomic mass is 35.5. The summed E-state index contributed by atoms with van der Waals surface area (Å²) in [6.45, 7) is 7.72. The van der Waals surface area contributed by atoms with Crippen molar-refractivity contribution in [1.29, 1.82) is 0 Å². The Morgan fingerprint density at radius 1 is 1.14 bits per heavy atom. The molecule has 0 unspecified atom stereocenters. The summed E-state index contributed by atoms with van der Waals surface area (Å²) in [7, 11) is 0. The van der Waals surface area contributed by atoms with Gasteiger partial charge in [-0.05, 0) is 56.4 Å². The molecule has 0 atom stereocenters. The summed E-state index contributed by atoms with van der Waals surface area (Å²) in [6, 6.07) is 11.8. The third-order valence-electron chi connectivity index (χ3n) is 5.06. The molecule has 0 bridgehead atoms. The molecule has 0 radical (unpaired) electrons. The van der Waals surface area contributed by atoms with E-state index < -0.39 is 0 Å². The Morgan fingerprint density at radius 3 is 2.61 bits per heavy atom. The van der Waals surface area contributed by atoms with E-state index in [-0.39, 0.29) is 18.3 Å². The Morgan fingerprint density at radius 2 is 1.89 bits per heavy atom. The van der Waals surface area contributed by atoms with Crippen LogP contribution in [0.15, 0.2) is 47.5 Å². The van der Waals surface area contributed by atoms with E-state index in [9.17, 15) is 9.18 Å². The predicted octanol–water partition coefficient (Wildman–Crippen LogP) is 4.40. The molecule has 0 saturated carbocycles. The molecule has 2 aromatic carbocycles. The summed E-state index contributed by atoms with van der Waals surface area (Å²) in [5, 5.41) is 0.528. The number of carbonyl (C=O) groups is 1. The molecule has 2 aromatic rings. The van der Waals surface area contributed by atoms with Gasteiger partial charge in [-0.2, -0.15) is 0 Å². The van der Waals surface area contributed by atoms with E-state index in [1.807, 2.05) is 6.07 Å². The first kappa shape index (κ1) is 20.5. The van der Waals surface area contributed by atoms with Crippen molar-refractivity contribution in [3.05, 3.63) is 64.4 Å². The van der Waals surface area contributed by atoms with Crippen molar-refractivity contribution in [1.82, 2.24) is 4.90 Å². The fourth-order valence-electron chi connectivity index (χ4n) is 3.51. The van der Waals surface area contributed by atoms with Gasteiger partial charge in [-0.15, -0.1) is 0 Å². The Balaban J connectivity index is 1.96. The maximum absolute atomic E-state index is 14.4. The summed E-state index contributed by atoms with van der Waals surface area (Å²) in [6.07, 6.45) is 0.852. The molecule has 0 fully saturated rings. The lowest BCUT2D eigenvalue weighted by atomic mass is 9.99. The van der Waals surface area contributed by atoms with Crippen LogP contribution in [-0.2, 0) is 4.79 Å². The van der Waals surface area contributed by atoms with Gasteiger partial charge < -0.3 is 9.80 Å². The van der Waals surface area contributed by atoms with E-state index >= 15 is 0 Å². The minimum atomic E-state index is -0.366. The number of anilines is 1. The van der Waals surface area contributed by atoms with Crippen molar-refractivity contribution in [2.75, 3.05) is 37.6 Å². The number of hydrogen-bond acceptors (Lipinski definition) is 3. The van der Waals surface area contributed by atoms with E-state index in [0.717, 1.165) is 31.7 Å². The van der Waals surface area contributed by atoms with E-state index in [1.54, 1.807) is 35.2 Å². The standard InChI is InChI=1S/C22H25ClFN3O/c1-3-26(4-2)12-7-13-27-20-11-10-16(23)14-18(20)22(25-15-21(27)28)17-8-5-6-9-19(17)24/h5-6,8-11,14H,3-4,7,12-13,15H2,1-2H3. The molecule has 1 aliphatic rings. The Kier molecular flexibility index (Phi) is 6.81. The van der Waals surface area contributed by atoms with Crippen LogP contribution in [0.4, 0.5) is 10.1 Å². The highest BCUT2D eigenvalue weighted by Crippen LogP contribution is 2.30. The van der Waals surface area contributed by atoms with Gasteiger partial charge in [0.15, 0.2) is 0 Å². The monoisotopic (exact) mass is 401 g/mol. The van der Waals surface area contributed by atoms with Crippen molar-refractivity contribution in [3.63, 3.8) is 0 Å². The zero-order chi connectivity index (χ0) is 20.1. The molecule has 0 aromatic heterocycles. The number of aliphatic imine (C=N–C) groups is 1. The average Bonchev–Trinajstić information content (AvgIpc) is 2.82. The van der Waals surface area contributed by atoms with Crippen LogP contribution in [0.5, 0.6) is 0 Å². The van der Waals surface area contributed by atoms with Gasteiger partial charge >= 0.3 is 0 Å². The van der Waals surface area contributed by atoms with E-state index in [0.29, 0.717) is 28.4 Å². The van der Waals surface area contributed by atoms with E-state index in [2.05, 4.69) is 23.7 Å². The quantitative estimate of drug-likeness (QED) is 0.689. The third kappa shape index (κ3) is 4.42. The summed E-state index contributed by atoms with van der Waals surface area (Å²) < 4.78 is 14.4. The second kappa shape index (κ2) is 9.30.